The summed E-state index contributed by atoms with van der Waals surface area (Å²) in [6, 6.07) is 14.0. The minimum atomic E-state index is -3.84. The lowest BCUT2D eigenvalue weighted by atomic mass is 10.1. The molecule has 110 valence electrons. The highest BCUT2D eigenvalue weighted by Gasteiger charge is 2.17. The first-order valence-electron chi connectivity index (χ1n) is 6.72. The Morgan fingerprint density at radius 3 is 2.14 bits per heavy atom. The molecule has 0 unspecified atom stereocenters. The molecule has 0 heterocycles. The van der Waals surface area contributed by atoms with Crippen LogP contribution in [0.3, 0.4) is 0 Å². The van der Waals surface area contributed by atoms with Gasteiger partial charge in [0.2, 0.25) is 0 Å². The Bertz CT molecular complexity index is 727. The van der Waals surface area contributed by atoms with E-state index in [0.717, 1.165) is 12.0 Å². The van der Waals surface area contributed by atoms with E-state index in [1.165, 1.54) is 17.7 Å². The van der Waals surface area contributed by atoms with E-state index < -0.39 is 10.1 Å². The Hall–Kier alpha value is -2.07. The van der Waals surface area contributed by atoms with E-state index in [4.69, 9.17) is 4.18 Å². The van der Waals surface area contributed by atoms with Crippen molar-refractivity contribution in [2.24, 2.45) is 0 Å². The predicted molar refractivity (Wildman–Crippen MR) is 84.3 cm³/mol. The van der Waals surface area contributed by atoms with Crippen LogP contribution in [0.2, 0.25) is 0 Å². The van der Waals surface area contributed by atoms with Crippen LogP contribution in [0, 0.1) is 6.92 Å². The fraction of sp³-hybridized carbons (Fsp3) is 0.176. The minimum Gasteiger partial charge on any atom is -0.379 e. The summed E-state index contributed by atoms with van der Waals surface area (Å²) < 4.78 is 29.4. The van der Waals surface area contributed by atoms with E-state index >= 15 is 0 Å². The van der Waals surface area contributed by atoms with Crippen LogP contribution in [0.5, 0.6) is 0 Å². The average Bonchev–Trinajstić information content (AvgIpc) is 2.47. The second-order valence-corrected chi connectivity index (χ2v) is 6.37. The highest BCUT2D eigenvalue weighted by molar-refractivity contribution is 7.87. The smallest absolute Gasteiger partial charge is 0.339 e. The van der Waals surface area contributed by atoms with Gasteiger partial charge in [0.05, 0.1) is 0 Å². The molecular formula is C17H18O3S. The zero-order chi connectivity index (χ0) is 15.5. The van der Waals surface area contributed by atoms with Crippen LogP contribution in [0.1, 0.15) is 23.6 Å². The average molecular weight is 302 g/mol. The molecule has 2 rings (SSSR count). The molecule has 0 aromatic heterocycles. The highest BCUT2D eigenvalue weighted by Crippen LogP contribution is 2.22. The van der Waals surface area contributed by atoms with E-state index in [9.17, 15) is 8.42 Å². The van der Waals surface area contributed by atoms with Gasteiger partial charge >= 0.3 is 10.1 Å². The molecule has 0 aliphatic heterocycles. The van der Waals surface area contributed by atoms with Gasteiger partial charge in [-0.25, -0.2) is 0 Å². The van der Waals surface area contributed by atoms with Crippen molar-refractivity contribution >= 4 is 15.9 Å². The molecule has 4 heteroatoms. The molecule has 0 saturated carbocycles. The first kappa shape index (κ1) is 15.3. The van der Waals surface area contributed by atoms with Crippen LogP contribution in [0.15, 0.2) is 60.0 Å². The number of benzene rings is 2. The quantitative estimate of drug-likeness (QED) is 0.621. The predicted octanol–water partition coefficient (Wildman–Crippen LogP) is 3.93. The van der Waals surface area contributed by atoms with Crippen LogP contribution in [0.4, 0.5) is 0 Å². The summed E-state index contributed by atoms with van der Waals surface area (Å²) >= 11 is 0. The molecule has 0 saturated heterocycles. The maximum absolute atomic E-state index is 12.2. The van der Waals surface area contributed by atoms with Gasteiger partial charge in [-0.15, -0.1) is 0 Å². The van der Waals surface area contributed by atoms with Gasteiger partial charge in [-0.2, -0.15) is 8.42 Å². The van der Waals surface area contributed by atoms with E-state index in [1.807, 2.05) is 31.2 Å². The summed E-state index contributed by atoms with van der Waals surface area (Å²) in [5.41, 5.74) is 2.82. The molecule has 0 aliphatic rings. The third-order valence-electron chi connectivity index (χ3n) is 3.20. The van der Waals surface area contributed by atoms with E-state index in [0.29, 0.717) is 5.56 Å². The molecule has 0 atom stereocenters. The molecule has 0 amide bonds. The largest absolute Gasteiger partial charge is 0.379 e. The minimum absolute atomic E-state index is 0.123. The highest BCUT2D eigenvalue weighted by atomic mass is 32.2. The number of rotatable bonds is 5. The van der Waals surface area contributed by atoms with Crippen molar-refractivity contribution in [1.29, 1.82) is 0 Å². The van der Waals surface area contributed by atoms with Crippen molar-refractivity contribution in [3.05, 3.63) is 71.8 Å². The Morgan fingerprint density at radius 2 is 1.62 bits per heavy atom. The van der Waals surface area contributed by atoms with Gasteiger partial charge in [0.1, 0.15) is 10.7 Å². The number of hydrogen-bond acceptors (Lipinski definition) is 3. The molecule has 0 fully saturated rings. The van der Waals surface area contributed by atoms with Crippen molar-refractivity contribution in [1.82, 2.24) is 0 Å². The Balaban J connectivity index is 2.19. The lowest BCUT2D eigenvalue weighted by Gasteiger charge is -2.10. The molecule has 21 heavy (non-hydrogen) atoms. The summed E-state index contributed by atoms with van der Waals surface area (Å²) in [6.07, 6.45) is 0.926. The molecule has 0 N–H and O–H groups in total. The topological polar surface area (TPSA) is 43.4 Å². The molecule has 2 aromatic carbocycles. The first-order chi connectivity index (χ1) is 9.92. The maximum Gasteiger partial charge on any atom is 0.339 e. The maximum atomic E-state index is 12.2. The zero-order valence-corrected chi connectivity index (χ0v) is 13.0. The van der Waals surface area contributed by atoms with Crippen molar-refractivity contribution in [2.75, 3.05) is 0 Å². The molecule has 2 aromatic rings. The van der Waals surface area contributed by atoms with Crippen LogP contribution in [-0.2, 0) is 20.7 Å². The standard InChI is InChI=1S/C17H18O3S/c1-4-15-7-9-16(10-8-15)14(3)20-21(18,19)17-11-5-13(2)6-12-17/h5-12H,3-4H2,1-2H3. The second-order valence-electron chi connectivity index (χ2n) is 4.82. The molecule has 0 radical (unpaired) electrons. The van der Waals surface area contributed by atoms with Crippen LogP contribution < -0.4 is 0 Å². The van der Waals surface area contributed by atoms with Crippen LogP contribution in [0.25, 0.3) is 5.76 Å². The third-order valence-corrected chi connectivity index (χ3v) is 4.47. The molecule has 0 aliphatic carbocycles. The Morgan fingerprint density at radius 1 is 1.05 bits per heavy atom. The third kappa shape index (κ3) is 3.73. The summed E-state index contributed by atoms with van der Waals surface area (Å²) in [5, 5.41) is 0. The lowest BCUT2D eigenvalue weighted by molar-refractivity contribution is 0.464. The van der Waals surface area contributed by atoms with Gasteiger partial charge in [-0.3, -0.25) is 0 Å². The van der Waals surface area contributed by atoms with Gasteiger partial charge in [-0.05, 0) is 31.0 Å². The van der Waals surface area contributed by atoms with Gasteiger partial charge in [0.15, 0.2) is 0 Å². The second kappa shape index (κ2) is 6.14. The number of aryl methyl sites for hydroxylation is 2. The molecule has 3 nitrogen and oxygen atoms in total. The zero-order valence-electron chi connectivity index (χ0n) is 12.2. The molecular weight excluding hydrogens is 284 g/mol. The SMILES string of the molecule is C=C(OS(=O)(=O)c1ccc(C)cc1)c1ccc(CC)cc1. The van der Waals surface area contributed by atoms with Gasteiger partial charge in [0.25, 0.3) is 0 Å². The Labute approximate surface area is 126 Å². The van der Waals surface area contributed by atoms with E-state index in [-0.39, 0.29) is 10.7 Å². The summed E-state index contributed by atoms with van der Waals surface area (Å²) in [7, 11) is -3.84. The first-order valence-corrected chi connectivity index (χ1v) is 8.12. The van der Waals surface area contributed by atoms with E-state index in [2.05, 4.69) is 13.5 Å². The number of hydrogen-bond donors (Lipinski definition) is 0. The van der Waals surface area contributed by atoms with Gasteiger partial charge < -0.3 is 4.18 Å². The summed E-state index contributed by atoms with van der Waals surface area (Å²) in [5.74, 6) is 0.123. The summed E-state index contributed by atoms with van der Waals surface area (Å²) in [4.78, 5) is 0.124. The van der Waals surface area contributed by atoms with Crippen molar-refractivity contribution in [3.8, 4) is 0 Å². The normalized spacial score (nSPS) is 11.1. The summed E-state index contributed by atoms with van der Waals surface area (Å²) in [6.45, 7) is 7.66. The van der Waals surface area contributed by atoms with Crippen LogP contribution >= 0.6 is 0 Å². The lowest BCUT2D eigenvalue weighted by Crippen LogP contribution is -2.05. The van der Waals surface area contributed by atoms with Crippen LogP contribution in [-0.4, -0.2) is 8.42 Å². The molecule has 0 bridgehead atoms. The van der Waals surface area contributed by atoms with Crippen molar-refractivity contribution < 1.29 is 12.6 Å². The fourth-order valence-corrected chi connectivity index (χ4v) is 2.79. The van der Waals surface area contributed by atoms with Crippen molar-refractivity contribution in [2.45, 2.75) is 25.2 Å². The Kier molecular flexibility index (Phi) is 4.48. The fourth-order valence-electron chi connectivity index (χ4n) is 1.86. The monoisotopic (exact) mass is 302 g/mol. The van der Waals surface area contributed by atoms with Gasteiger partial charge in [0, 0.05) is 5.56 Å². The van der Waals surface area contributed by atoms with Crippen molar-refractivity contribution in [3.63, 3.8) is 0 Å². The van der Waals surface area contributed by atoms with E-state index in [1.54, 1.807) is 12.1 Å². The van der Waals surface area contributed by atoms with Gasteiger partial charge in [-0.1, -0.05) is 55.5 Å². The molecule has 0 spiro atoms.